The van der Waals surface area contributed by atoms with E-state index in [-0.39, 0.29) is 5.82 Å². The number of hydrogen-bond donors (Lipinski definition) is 1. The van der Waals surface area contributed by atoms with Gasteiger partial charge >= 0.3 is 0 Å². The van der Waals surface area contributed by atoms with E-state index in [0.717, 1.165) is 46.3 Å². The Morgan fingerprint density at radius 1 is 1.09 bits per heavy atom. The maximum Gasteiger partial charge on any atom is 0.163 e. The number of nitrogens with zero attached hydrogens (tertiary/aromatic N) is 6. The Morgan fingerprint density at radius 3 is 2.52 bits per heavy atom. The monoisotopic (exact) mass is 447 g/mol. The molecule has 1 aliphatic rings. The molecule has 1 aromatic carbocycles. The van der Waals surface area contributed by atoms with Crippen molar-refractivity contribution in [2.45, 2.75) is 40.2 Å². The topological polar surface area (TPSA) is 82.7 Å². The van der Waals surface area contributed by atoms with Crippen LogP contribution in [-0.4, -0.2) is 36.6 Å². The minimum absolute atomic E-state index is 0.263. The van der Waals surface area contributed by atoms with Crippen molar-refractivity contribution in [2.75, 3.05) is 12.4 Å². The van der Waals surface area contributed by atoms with Crippen LogP contribution in [0.3, 0.4) is 0 Å². The molecule has 1 saturated carbocycles. The summed E-state index contributed by atoms with van der Waals surface area (Å²) >= 11 is 0. The van der Waals surface area contributed by atoms with Gasteiger partial charge < -0.3 is 10.1 Å². The van der Waals surface area contributed by atoms with E-state index in [2.05, 4.69) is 20.4 Å². The number of ether oxygens (including phenoxy) is 1. The van der Waals surface area contributed by atoms with E-state index < -0.39 is 0 Å². The number of hydrogen-bond acceptors (Lipinski definition) is 6. The van der Waals surface area contributed by atoms with Gasteiger partial charge in [0.25, 0.3) is 0 Å². The molecule has 0 radical (unpaired) electrons. The summed E-state index contributed by atoms with van der Waals surface area (Å²) in [5.74, 6) is 3.26. The summed E-state index contributed by atoms with van der Waals surface area (Å²) in [5.41, 5.74) is 4.36. The molecular formula is C24H26FN7O. The minimum atomic E-state index is -0.263. The van der Waals surface area contributed by atoms with Crippen LogP contribution in [0.1, 0.15) is 29.8 Å². The van der Waals surface area contributed by atoms with Crippen molar-refractivity contribution in [3.63, 3.8) is 0 Å². The smallest absolute Gasteiger partial charge is 0.163 e. The van der Waals surface area contributed by atoms with Crippen molar-refractivity contribution in [3.05, 3.63) is 59.4 Å². The van der Waals surface area contributed by atoms with E-state index in [0.29, 0.717) is 17.6 Å². The van der Waals surface area contributed by atoms with Crippen LogP contribution in [0.25, 0.3) is 17.1 Å². The second-order valence-corrected chi connectivity index (χ2v) is 8.46. The Kier molecular flexibility index (Phi) is 5.32. The zero-order chi connectivity index (χ0) is 23.1. The van der Waals surface area contributed by atoms with E-state index in [1.165, 1.54) is 31.3 Å². The molecular weight excluding hydrogens is 421 g/mol. The van der Waals surface area contributed by atoms with Gasteiger partial charge in [-0.15, -0.1) is 0 Å². The van der Waals surface area contributed by atoms with Crippen LogP contribution in [-0.2, 0) is 6.54 Å². The highest BCUT2D eigenvalue weighted by molar-refractivity contribution is 5.71. The Morgan fingerprint density at radius 2 is 1.85 bits per heavy atom. The van der Waals surface area contributed by atoms with E-state index in [4.69, 9.17) is 9.84 Å². The third kappa shape index (κ3) is 4.06. The number of rotatable bonds is 7. The maximum absolute atomic E-state index is 13.4. The fourth-order valence-electron chi connectivity index (χ4n) is 4.07. The van der Waals surface area contributed by atoms with Gasteiger partial charge in [-0.1, -0.05) is 0 Å². The van der Waals surface area contributed by atoms with Gasteiger partial charge in [-0.05, 0) is 63.8 Å². The second-order valence-electron chi connectivity index (χ2n) is 8.46. The number of halogens is 1. The first-order valence-corrected chi connectivity index (χ1v) is 11.0. The van der Waals surface area contributed by atoms with Gasteiger partial charge in [0.2, 0.25) is 0 Å². The van der Waals surface area contributed by atoms with Gasteiger partial charge in [0, 0.05) is 23.7 Å². The number of methoxy groups -OCH3 is 1. The zero-order valence-corrected chi connectivity index (χ0v) is 19.1. The molecule has 3 aromatic heterocycles. The van der Waals surface area contributed by atoms with Crippen LogP contribution >= 0.6 is 0 Å². The lowest BCUT2D eigenvalue weighted by atomic mass is 10.1. The van der Waals surface area contributed by atoms with Crippen LogP contribution < -0.4 is 10.1 Å². The van der Waals surface area contributed by atoms with Crippen LogP contribution in [0.4, 0.5) is 16.0 Å². The van der Waals surface area contributed by atoms with Crippen molar-refractivity contribution in [1.29, 1.82) is 0 Å². The molecule has 0 amide bonds. The molecule has 0 unspecified atom stereocenters. The molecule has 0 saturated heterocycles. The number of anilines is 2. The third-order valence-electron chi connectivity index (χ3n) is 5.98. The Balaban J connectivity index is 1.51. The lowest BCUT2D eigenvalue weighted by molar-refractivity contribution is 0.408. The molecule has 4 aromatic rings. The summed E-state index contributed by atoms with van der Waals surface area (Å²) in [6.07, 6.45) is 3.93. The van der Waals surface area contributed by atoms with Gasteiger partial charge in [-0.25, -0.2) is 23.7 Å². The predicted octanol–water partition coefficient (Wildman–Crippen LogP) is 4.75. The number of benzene rings is 1. The molecule has 5 rings (SSSR count). The molecule has 0 spiro atoms. The number of aromatic nitrogens is 6. The van der Waals surface area contributed by atoms with Gasteiger partial charge in [-0.2, -0.15) is 10.2 Å². The normalized spacial score (nSPS) is 13.4. The summed E-state index contributed by atoms with van der Waals surface area (Å²) in [4.78, 5) is 8.83. The van der Waals surface area contributed by atoms with Gasteiger partial charge in [0.1, 0.15) is 29.5 Å². The SMILES string of the molecule is COc1c(C)nn(-c2cc(Nc3c(C)c(-c4ccc(F)cc4)nn3CC3CC3)ncn2)c1C. The van der Waals surface area contributed by atoms with Crippen molar-refractivity contribution in [1.82, 2.24) is 29.5 Å². The number of aryl methyl sites for hydroxylation is 1. The highest BCUT2D eigenvalue weighted by Gasteiger charge is 2.26. The fraction of sp³-hybridized carbons (Fsp3) is 0.333. The van der Waals surface area contributed by atoms with Crippen LogP contribution in [0.2, 0.25) is 0 Å². The van der Waals surface area contributed by atoms with Crippen LogP contribution in [0, 0.1) is 32.5 Å². The first-order chi connectivity index (χ1) is 15.9. The molecule has 33 heavy (non-hydrogen) atoms. The summed E-state index contributed by atoms with van der Waals surface area (Å²) in [7, 11) is 1.64. The first-order valence-electron chi connectivity index (χ1n) is 11.0. The largest absolute Gasteiger partial charge is 0.493 e. The first kappa shape index (κ1) is 21.1. The molecule has 9 heteroatoms. The molecule has 1 fully saturated rings. The van der Waals surface area contributed by atoms with Gasteiger partial charge in [0.15, 0.2) is 11.6 Å². The molecule has 0 bridgehead atoms. The predicted molar refractivity (Wildman–Crippen MR) is 124 cm³/mol. The molecule has 0 atom stereocenters. The standard InChI is InChI=1S/C24H26FN7O/c1-14-22(18-7-9-19(25)10-8-18)30-31(12-17-5-6-17)24(14)28-20-11-21(27-13-26-20)32-16(3)23(33-4)15(2)29-32/h7-11,13,17H,5-6,12H2,1-4H3,(H,26,27,28). The van der Waals surface area contributed by atoms with Crippen LogP contribution in [0.5, 0.6) is 5.75 Å². The fourth-order valence-corrected chi connectivity index (χ4v) is 4.07. The highest BCUT2D eigenvalue weighted by atomic mass is 19.1. The lowest BCUT2D eigenvalue weighted by Gasteiger charge is -2.11. The van der Waals surface area contributed by atoms with E-state index in [1.54, 1.807) is 23.9 Å². The summed E-state index contributed by atoms with van der Waals surface area (Å²) in [6.45, 7) is 6.69. The quantitative estimate of drug-likeness (QED) is 0.440. The van der Waals surface area contributed by atoms with Crippen molar-refractivity contribution in [3.8, 4) is 22.8 Å². The average molecular weight is 448 g/mol. The molecule has 0 aliphatic heterocycles. The van der Waals surface area contributed by atoms with Crippen molar-refractivity contribution >= 4 is 11.6 Å². The second kappa shape index (κ2) is 8.31. The molecule has 3 heterocycles. The van der Waals surface area contributed by atoms with E-state index >= 15 is 0 Å². The zero-order valence-electron chi connectivity index (χ0n) is 19.1. The van der Waals surface area contributed by atoms with E-state index in [9.17, 15) is 4.39 Å². The van der Waals surface area contributed by atoms with E-state index in [1.807, 2.05) is 31.5 Å². The Labute approximate surface area is 191 Å². The molecule has 1 N–H and O–H groups in total. The van der Waals surface area contributed by atoms with Gasteiger partial charge in [0.05, 0.1) is 18.5 Å². The Bertz CT molecular complexity index is 1310. The molecule has 170 valence electrons. The third-order valence-corrected chi connectivity index (χ3v) is 5.98. The average Bonchev–Trinajstić information content (AvgIpc) is 3.52. The molecule has 8 nitrogen and oxygen atoms in total. The van der Waals surface area contributed by atoms with Crippen molar-refractivity contribution in [2.24, 2.45) is 5.92 Å². The Hall–Kier alpha value is -3.75. The summed E-state index contributed by atoms with van der Waals surface area (Å²) in [5, 5.41) is 12.9. The van der Waals surface area contributed by atoms with Crippen LogP contribution in [0.15, 0.2) is 36.7 Å². The summed E-state index contributed by atoms with van der Waals surface area (Å²) in [6, 6.07) is 8.29. The number of nitrogens with one attached hydrogen (secondary N) is 1. The van der Waals surface area contributed by atoms with Gasteiger partial charge in [-0.3, -0.25) is 0 Å². The highest BCUT2D eigenvalue weighted by Crippen LogP contribution is 2.35. The van der Waals surface area contributed by atoms with Crippen molar-refractivity contribution < 1.29 is 9.13 Å². The lowest BCUT2D eigenvalue weighted by Crippen LogP contribution is -2.09. The maximum atomic E-state index is 13.4. The molecule has 1 aliphatic carbocycles. The summed E-state index contributed by atoms with van der Waals surface area (Å²) < 4.78 is 22.6. The minimum Gasteiger partial charge on any atom is -0.493 e.